The zero-order chi connectivity index (χ0) is 17.2. The van der Waals surface area contributed by atoms with Gasteiger partial charge in [-0.3, -0.25) is 4.79 Å². The highest BCUT2D eigenvalue weighted by Crippen LogP contribution is 2.26. The van der Waals surface area contributed by atoms with E-state index in [9.17, 15) is 17.6 Å². The van der Waals surface area contributed by atoms with Gasteiger partial charge in [0.2, 0.25) is 5.91 Å². The first kappa shape index (κ1) is 17.6. The van der Waals surface area contributed by atoms with E-state index < -0.39 is 21.0 Å². The number of nitrogens with zero attached hydrogens (tertiary/aromatic N) is 1. The maximum Gasteiger partial charge on any atom is 0.244 e. The largest absolute Gasteiger partial charge is 0.301 e. The third kappa shape index (κ3) is 4.35. The Morgan fingerprint density at radius 1 is 1.39 bits per heavy atom. The number of nitrogens with one attached hydrogen (secondary N) is 1. The van der Waals surface area contributed by atoms with Crippen molar-refractivity contribution >= 4 is 32.2 Å². The van der Waals surface area contributed by atoms with Gasteiger partial charge in [-0.25, -0.2) is 17.8 Å². The summed E-state index contributed by atoms with van der Waals surface area (Å²) in [5, 5.41) is 1.67. The zero-order valence-corrected chi connectivity index (χ0v) is 14.6. The Balaban J connectivity index is 2.16. The molecule has 8 heteroatoms. The van der Waals surface area contributed by atoms with Gasteiger partial charge in [0, 0.05) is 17.6 Å². The standard InChI is InChI=1S/C15H17FN2O3S2/c1-9-13(8-11-6-4-5-7-12(11)16)22-15(17-9)18-14(19)10(2)23(3,20)21/h4-7,10H,8H2,1-3H3,(H,17,18,19)/t10-/m0/s1. The average molecular weight is 356 g/mol. The molecule has 1 aromatic heterocycles. The SMILES string of the molecule is Cc1nc(NC(=O)[C@H](C)S(C)(=O)=O)sc1Cc1ccccc1F. The third-order valence-corrected chi connectivity index (χ3v) is 6.01. The number of benzene rings is 1. The molecule has 1 atom stereocenters. The summed E-state index contributed by atoms with van der Waals surface area (Å²) in [5.74, 6) is -0.921. The molecule has 124 valence electrons. The Morgan fingerprint density at radius 2 is 2.04 bits per heavy atom. The first-order chi connectivity index (χ1) is 10.7. The maximum absolute atomic E-state index is 13.7. The fourth-order valence-electron chi connectivity index (χ4n) is 1.86. The lowest BCUT2D eigenvalue weighted by Crippen LogP contribution is -2.31. The lowest BCUT2D eigenvalue weighted by molar-refractivity contribution is -0.115. The Labute approximate surface area is 138 Å². The highest BCUT2D eigenvalue weighted by atomic mass is 32.2. The number of carbonyl (C=O) groups is 1. The quantitative estimate of drug-likeness (QED) is 0.893. The number of halogens is 1. The molecule has 1 N–H and O–H groups in total. The van der Waals surface area contributed by atoms with Crippen LogP contribution in [-0.4, -0.2) is 30.8 Å². The summed E-state index contributed by atoms with van der Waals surface area (Å²) in [5.41, 5.74) is 1.22. The van der Waals surface area contributed by atoms with Crippen LogP contribution < -0.4 is 5.32 Å². The summed E-state index contributed by atoms with van der Waals surface area (Å²) in [6.07, 6.45) is 1.38. The van der Waals surface area contributed by atoms with Crippen molar-refractivity contribution in [2.45, 2.75) is 25.5 Å². The van der Waals surface area contributed by atoms with Crippen LogP contribution >= 0.6 is 11.3 Å². The van der Waals surface area contributed by atoms with Crippen molar-refractivity contribution in [2.24, 2.45) is 0 Å². The summed E-state index contributed by atoms with van der Waals surface area (Å²) >= 11 is 1.21. The van der Waals surface area contributed by atoms with Gasteiger partial charge in [-0.1, -0.05) is 18.2 Å². The van der Waals surface area contributed by atoms with E-state index in [-0.39, 0.29) is 5.82 Å². The van der Waals surface area contributed by atoms with Crippen LogP contribution in [0, 0.1) is 12.7 Å². The lowest BCUT2D eigenvalue weighted by Gasteiger charge is -2.07. The molecule has 1 heterocycles. The molecule has 0 saturated carbocycles. The summed E-state index contributed by atoms with van der Waals surface area (Å²) in [4.78, 5) is 16.9. The number of aromatic nitrogens is 1. The molecule has 0 spiro atoms. The molecule has 0 aliphatic carbocycles. The van der Waals surface area contributed by atoms with Crippen LogP contribution in [0.25, 0.3) is 0 Å². The molecule has 0 bridgehead atoms. The van der Waals surface area contributed by atoms with Crippen molar-refractivity contribution < 1.29 is 17.6 Å². The van der Waals surface area contributed by atoms with Crippen molar-refractivity contribution in [1.29, 1.82) is 0 Å². The van der Waals surface area contributed by atoms with Gasteiger partial charge in [-0.15, -0.1) is 11.3 Å². The van der Waals surface area contributed by atoms with Gasteiger partial charge in [0.1, 0.15) is 11.1 Å². The maximum atomic E-state index is 13.7. The van der Waals surface area contributed by atoms with Gasteiger partial charge in [-0.2, -0.15) is 0 Å². The molecule has 0 radical (unpaired) electrons. The van der Waals surface area contributed by atoms with Gasteiger partial charge in [0.15, 0.2) is 15.0 Å². The van der Waals surface area contributed by atoms with E-state index >= 15 is 0 Å². The highest BCUT2D eigenvalue weighted by Gasteiger charge is 2.24. The fraction of sp³-hybridized carbons (Fsp3) is 0.333. The monoisotopic (exact) mass is 356 g/mol. The Morgan fingerprint density at radius 3 is 2.65 bits per heavy atom. The van der Waals surface area contributed by atoms with Crippen LogP contribution in [0.5, 0.6) is 0 Å². The van der Waals surface area contributed by atoms with Crippen LogP contribution in [0.2, 0.25) is 0 Å². The van der Waals surface area contributed by atoms with Crippen molar-refractivity contribution in [2.75, 3.05) is 11.6 Å². The Bertz CT molecular complexity index is 831. The first-order valence-electron chi connectivity index (χ1n) is 6.88. The number of aryl methyl sites for hydroxylation is 1. The normalized spacial score (nSPS) is 12.9. The molecule has 0 saturated heterocycles. The van der Waals surface area contributed by atoms with Crippen LogP contribution in [-0.2, 0) is 21.1 Å². The number of rotatable bonds is 5. The molecule has 5 nitrogen and oxygen atoms in total. The van der Waals surface area contributed by atoms with Crippen LogP contribution in [0.1, 0.15) is 23.1 Å². The van der Waals surface area contributed by atoms with Crippen LogP contribution in [0.3, 0.4) is 0 Å². The topological polar surface area (TPSA) is 76.1 Å². The average Bonchev–Trinajstić information content (AvgIpc) is 2.79. The number of hydrogen-bond donors (Lipinski definition) is 1. The molecule has 2 rings (SSSR count). The molecule has 2 aromatic rings. The Hall–Kier alpha value is -1.80. The van der Waals surface area contributed by atoms with Gasteiger partial charge < -0.3 is 5.32 Å². The van der Waals surface area contributed by atoms with E-state index in [1.807, 2.05) is 0 Å². The predicted molar refractivity (Wildman–Crippen MR) is 89.0 cm³/mol. The highest BCUT2D eigenvalue weighted by molar-refractivity contribution is 7.92. The van der Waals surface area contributed by atoms with E-state index in [0.717, 1.165) is 11.1 Å². The molecule has 1 aromatic carbocycles. The molecule has 0 fully saturated rings. The number of anilines is 1. The summed E-state index contributed by atoms with van der Waals surface area (Å²) in [6, 6.07) is 6.46. The first-order valence-corrected chi connectivity index (χ1v) is 9.65. The van der Waals surface area contributed by atoms with E-state index in [4.69, 9.17) is 0 Å². The number of thiazole rings is 1. The van der Waals surface area contributed by atoms with Crippen molar-refractivity contribution in [1.82, 2.24) is 4.98 Å². The molecule has 0 unspecified atom stereocenters. The number of hydrogen-bond acceptors (Lipinski definition) is 5. The number of carbonyl (C=O) groups excluding carboxylic acids is 1. The minimum atomic E-state index is -3.46. The predicted octanol–water partition coefficient (Wildman–Crippen LogP) is 2.55. The minimum absolute atomic E-state index is 0.295. The van der Waals surface area contributed by atoms with Crippen LogP contribution in [0.15, 0.2) is 24.3 Å². The van der Waals surface area contributed by atoms with Crippen LogP contribution in [0.4, 0.5) is 9.52 Å². The second kappa shape index (κ2) is 6.76. The van der Waals surface area contributed by atoms with Gasteiger partial charge in [0.05, 0.1) is 5.69 Å². The molecule has 0 aliphatic rings. The summed E-state index contributed by atoms with van der Waals surface area (Å²) in [7, 11) is -3.46. The number of sulfone groups is 1. The van der Waals surface area contributed by atoms with E-state index in [1.165, 1.54) is 24.3 Å². The van der Waals surface area contributed by atoms with Gasteiger partial charge in [0.25, 0.3) is 0 Å². The molecular weight excluding hydrogens is 339 g/mol. The third-order valence-electron chi connectivity index (χ3n) is 3.44. The molecular formula is C15H17FN2O3S2. The second-order valence-electron chi connectivity index (χ2n) is 5.26. The molecule has 0 aliphatic heterocycles. The second-order valence-corrected chi connectivity index (χ2v) is 8.71. The smallest absolute Gasteiger partial charge is 0.244 e. The lowest BCUT2D eigenvalue weighted by atomic mass is 10.1. The van der Waals surface area contributed by atoms with Gasteiger partial charge >= 0.3 is 0 Å². The van der Waals surface area contributed by atoms with E-state index in [1.54, 1.807) is 25.1 Å². The Kier molecular flexibility index (Phi) is 5.16. The van der Waals surface area contributed by atoms with Crippen molar-refractivity contribution in [3.05, 3.63) is 46.2 Å². The van der Waals surface area contributed by atoms with Gasteiger partial charge in [-0.05, 0) is 25.5 Å². The molecule has 23 heavy (non-hydrogen) atoms. The van der Waals surface area contributed by atoms with Crippen molar-refractivity contribution in [3.63, 3.8) is 0 Å². The summed E-state index contributed by atoms with van der Waals surface area (Å²) in [6.45, 7) is 3.09. The van der Waals surface area contributed by atoms with Crippen molar-refractivity contribution in [3.8, 4) is 0 Å². The minimum Gasteiger partial charge on any atom is -0.301 e. The summed E-state index contributed by atoms with van der Waals surface area (Å²) < 4.78 is 36.5. The fourth-order valence-corrected chi connectivity index (χ4v) is 3.30. The van der Waals surface area contributed by atoms with E-state index in [2.05, 4.69) is 10.3 Å². The van der Waals surface area contributed by atoms with E-state index in [0.29, 0.717) is 22.8 Å². The number of amides is 1. The zero-order valence-electron chi connectivity index (χ0n) is 13.0. The molecule has 1 amide bonds.